The fourth-order valence-electron chi connectivity index (χ4n) is 1.39. The van der Waals surface area contributed by atoms with Crippen LogP contribution < -0.4 is 10.6 Å². The Balaban J connectivity index is 1.84. The van der Waals surface area contributed by atoms with E-state index in [1.807, 2.05) is 14.1 Å². The molecule has 4 nitrogen and oxygen atoms in total. The highest BCUT2D eigenvalue weighted by molar-refractivity contribution is 5.75. The molecule has 15 heavy (non-hydrogen) atoms. The van der Waals surface area contributed by atoms with E-state index < -0.39 is 0 Å². The molecule has 1 saturated carbocycles. The van der Waals surface area contributed by atoms with Gasteiger partial charge in [-0.25, -0.2) is 0 Å². The average Bonchev–Trinajstić information content (AvgIpc) is 2.96. The smallest absolute Gasteiger partial charge is 0.221 e. The summed E-state index contributed by atoms with van der Waals surface area (Å²) in [5.41, 5.74) is 0. The zero-order valence-corrected chi connectivity index (χ0v) is 9.88. The number of carbonyl (C=O) groups is 1. The van der Waals surface area contributed by atoms with E-state index in [4.69, 9.17) is 0 Å². The number of hydrogen-bond acceptors (Lipinski definition) is 3. The van der Waals surface area contributed by atoms with E-state index in [-0.39, 0.29) is 5.91 Å². The molecule has 88 valence electrons. The van der Waals surface area contributed by atoms with Gasteiger partial charge in [-0.05, 0) is 39.9 Å². The van der Waals surface area contributed by atoms with Gasteiger partial charge < -0.3 is 15.5 Å². The Morgan fingerprint density at radius 3 is 2.67 bits per heavy atom. The number of amides is 1. The van der Waals surface area contributed by atoms with Gasteiger partial charge in [0.2, 0.25) is 5.91 Å². The van der Waals surface area contributed by atoms with Crippen molar-refractivity contribution in [1.82, 2.24) is 15.5 Å². The van der Waals surface area contributed by atoms with E-state index in [1.165, 1.54) is 12.8 Å². The Hall–Kier alpha value is -0.610. The standard InChI is InChI=1S/C11H23N3O/c1-14(2)9-3-7-13-11(15)6-8-12-10-4-5-10/h10,12H,3-9H2,1-2H3,(H,13,15). The quantitative estimate of drug-likeness (QED) is 0.566. The molecule has 0 aromatic rings. The Morgan fingerprint density at radius 1 is 1.33 bits per heavy atom. The van der Waals surface area contributed by atoms with Gasteiger partial charge in [0.25, 0.3) is 0 Å². The van der Waals surface area contributed by atoms with Crippen molar-refractivity contribution in [2.75, 3.05) is 33.7 Å². The number of carbonyl (C=O) groups excluding carboxylic acids is 1. The third-order valence-corrected chi connectivity index (χ3v) is 2.47. The zero-order valence-electron chi connectivity index (χ0n) is 9.88. The SMILES string of the molecule is CN(C)CCCNC(=O)CCNC1CC1. The summed E-state index contributed by atoms with van der Waals surface area (Å²) in [7, 11) is 4.09. The van der Waals surface area contributed by atoms with Gasteiger partial charge in [-0.2, -0.15) is 0 Å². The summed E-state index contributed by atoms with van der Waals surface area (Å²) in [5.74, 6) is 0.168. The summed E-state index contributed by atoms with van der Waals surface area (Å²) >= 11 is 0. The van der Waals surface area contributed by atoms with Crippen molar-refractivity contribution in [2.45, 2.75) is 31.7 Å². The molecule has 0 saturated heterocycles. The van der Waals surface area contributed by atoms with Crippen molar-refractivity contribution >= 4 is 5.91 Å². The predicted molar refractivity (Wildman–Crippen MR) is 61.8 cm³/mol. The van der Waals surface area contributed by atoms with Crippen molar-refractivity contribution < 1.29 is 4.79 Å². The number of hydrogen-bond donors (Lipinski definition) is 2. The van der Waals surface area contributed by atoms with E-state index >= 15 is 0 Å². The van der Waals surface area contributed by atoms with Gasteiger partial charge >= 0.3 is 0 Å². The summed E-state index contributed by atoms with van der Waals surface area (Å²) < 4.78 is 0. The molecule has 1 amide bonds. The first-order chi connectivity index (χ1) is 7.18. The van der Waals surface area contributed by atoms with Gasteiger partial charge in [-0.1, -0.05) is 0 Å². The second-order valence-electron chi connectivity index (χ2n) is 4.49. The minimum absolute atomic E-state index is 0.168. The highest BCUT2D eigenvalue weighted by atomic mass is 16.1. The summed E-state index contributed by atoms with van der Waals surface area (Å²) in [5, 5.41) is 6.25. The van der Waals surface area contributed by atoms with E-state index in [0.29, 0.717) is 12.5 Å². The molecule has 1 aliphatic rings. The minimum atomic E-state index is 0.168. The van der Waals surface area contributed by atoms with Crippen LogP contribution >= 0.6 is 0 Å². The third-order valence-electron chi connectivity index (χ3n) is 2.47. The molecule has 0 radical (unpaired) electrons. The molecule has 1 fully saturated rings. The maximum Gasteiger partial charge on any atom is 0.221 e. The number of rotatable bonds is 8. The van der Waals surface area contributed by atoms with Gasteiger partial charge in [-0.3, -0.25) is 4.79 Å². The van der Waals surface area contributed by atoms with Crippen molar-refractivity contribution in [3.05, 3.63) is 0 Å². The Labute approximate surface area is 92.4 Å². The Kier molecular flexibility index (Phi) is 5.65. The predicted octanol–water partition coefficient (Wildman–Crippen LogP) is 0.196. The molecule has 1 aliphatic carbocycles. The lowest BCUT2D eigenvalue weighted by atomic mass is 10.3. The lowest BCUT2D eigenvalue weighted by molar-refractivity contribution is -0.121. The molecular weight excluding hydrogens is 190 g/mol. The molecule has 2 N–H and O–H groups in total. The molecule has 4 heteroatoms. The summed E-state index contributed by atoms with van der Waals surface area (Å²) in [6, 6.07) is 0.701. The average molecular weight is 213 g/mol. The van der Waals surface area contributed by atoms with Crippen LogP contribution in [0.5, 0.6) is 0 Å². The number of nitrogens with zero attached hydrogens (tertiary/aromatic N) is 1. The van der Waals surface area contributed by atoms with E-state index in [1.54, 1.807) is 0 Å². The molecule has 0 unspecified atom stereocenters. The van der Waals surface area contributed by atoms with Crippen molar-refractivity contribution in [3.63, 3.8) is 0 Å². The van der Waals surface area contributed by atoms with Gasteiger partial charge in [0.15, 0.2) is 0 Å². The molecule has 0 bridgehead atoms. The largest absolute Gasteiger partial charge is 0.356 e. The Bertz CT molecular complexity index is 190. The van der Waals surface area contributed by atoms with Crippen LogP contribution in [0.2, 0.25) is 0 Å². The molecule has 0 heterocycles. The van der Waals surface area contributed by atoms with Crippen LogP contribution in [0.4, 0.5) is 0 Å². The van der Waals surface area contributed by atoms with Crippen LogP contribution in [0.3, 0.4) is 0 Å². The van der Waals surface area contributed by atoms with E-state index in [0.717, 1.165) is 26.1 Å². The van der Waals surface area contributed by atoms with Crippen LogP contribution in [0, 0.1) is 0 Å². The fourth-order valence-corrected chi connectivity index (χ4v) is 1.39. The highest BCUT2D eigenvalue weighted by Crippen LogP contribution is 2.18. The van der Waals surface area contributed by atoms with Crippen LogP contribution in [-0.4, -0.2) is 50.6 Å². The zero-order chi connectivity index (χ0) is 11.1. The minimum Gasteiger partial charge on any atom is -0.356 e. The van der Waals surface area contributed by atoms with E-state index in [9.17, 15) is 4.79 Å². The summed E-state index contributed by atoms with van der Waals surface area (Å²) in [6.45, 7) is 2.64. The maximum absolute atomic E-state index is 11.3. The van der Waals surface area contributed by atoms with Crippen LogP contribution in [0.15, 0.2) is 0 Å². The lowest BCUT2D eigenvalue weighted by Gasteiger charge is -2.09. The summed E-state index contributed by atoms with van der Waals surface area (Å²) in [6.07, 6.45) is 4.20. The first-order valence-electron chi connectivity index (χ1n) is 5.83. The molecule has 0 aliphatic heterocycles. The van der Waals surface area contributed by atoms with Gasteiger partial charge in [0.1, 0.15) is 0 Å². The molecule has 0 aromatic heterocycles. The van der Waals surface area contributed by atoms with Crippen molar-refractivity contribution in [3.8, 4) is 0 Å². The lowest BCUT2D eigenvalue weighted by Crippen LogP contribution is -2.30. The molecule has 0 aromatic carbocycles. The second-order valence-corrected chi connectivity index (χ2v) is 4.49. The number of nitrogens with one attached hydrogen (secondary N) is 2. The fraction of sp³-hybridized carbons (Fsp3) is 0.909. The molecule has 0 atom stereocenters. The molecule has 0 spiro atoms. The first-order valence-corrected chi connectivity index (χ1v) is 5.83. The van der Waals surface area contributed by atoms with E-state index in [2.05, 4.69) is 15.5 Å². The topological polar surface area (TPSA) is 44.4 Å². The monoisotopic (exact) mass is 213 g/mol. The first kappa shape index (κ1) is 12.5. The van der Waals surface area contributed by atoms with Gasteiger partial charge in [0, 0.05) is 25.6 Å². The van der Waals surface area contributed by atoms with Gasteiger partial charge in [0.05, 0.1) is 0 Å². The van der Waals surface area contributed by atoms with Crippen LogP contribution in [-0.2, 0) is 4.79 Å². The van der Waals surface area contributed by atoms with Crippen LogP contribution in [0.1, 0.15) is 25.7 Å². The normalized spacial score (nSPS) is 15.7. The molecular formula is C11H23N3O. The van der Waals surface area contributed by atoms with Gasteiger partial charge in [-0.15, -0.1) is 0 Å². The van der Waals surface area contributed by atoms with Crippen LogP contribution in [0.25, 0.3) is 0 Å². The molecule has 1 rings (SSSR count). The second kappa shape index (κ2) is 6.80. The van der Waals surface area contributed by atoms with Crippen molar-refractivity contribution in [2.24, 2.45) is 0 Å². The Morgan fingerprint density at radius 2 is 2.07 bits per heavy atom. The third kappa shape index (κ3) is 7.33. The summed E-state index contributed by atoms with van der Waals surface area (Å²) in [4.78, 5) is 13.5. The highest BCUT2D eigenvalue weighted by Gasteiger charge is 2.19. The van der Waals surface area contributed by atoms with Crippen molar-refractivity contribution in [1.29, 1.82) is 0 Å². The maximum atomic E-state index is 11.3.